The number of benzene rings is 1. The summed E-state index contributed by atoms with van der Waals surface area (Å²) in [6.45, 7) is 2.12. The second kappa shape index (κ2) is 4.34. The normalized spacial score (nSPS) is 22.4. The van der Waals surface area contributed by atoms with Crippen LogP contribution < -0.4 is 5.32 Å². The van der Waals surface area contributed by atoms with Crippen LogP contribution in [0, 0.1) is 6.92 Å². The predicted molar refractivity (Wildman–Crippen MR) is 73.9 cm³/mol. The van der Waals surface area contributed by atoms with E-state index in [0.717, 1.165) is 37.7 Å². The second-order valence-corrected chi connectivity index (χ2v) is 6.20. The molecule has 3 heteroatoms. The lowest BCUT2D eigenvalue weighted by molar-refractivity contribution is -0.131. The molecule has 1 amide bonds. The molecule has 0 aromatic heterocycles. The number of aliphatic hydroxyl groups excluding tert-OH is 1. The van der Waals surface area contributed by atoms with E-state index in [4.69, 9.17) is 0 Å². The van der Waals surface area contributed by atoms with E-state index in [1.54, 1.807) is 0 Å². The molecule has 3 nitrogen and oxygen atoms in total. The Bertz CT molecular complexity index is 501. The Hall–Kier alpha value is -1.35. The summed E-state index contributed by atoms with van der Waals surface area (Å²) in [5, 5.41) is 12.5. The van der Waals surface area contributed by atoms with Crippen molar-refractivity contribution in [3.63, 3.8) is 0 Å². The van der Waals surface area contributed by atoms with Gasteiger partial charge in [-0.15, -0.1) is 0 Å². The standard InChI is InChI=1S/C16H21NO2/c1-12-4-2-5-13(10-12)16(6-3-7-16)14(19)17-15(11-18)8-9-15/h2,4-5,10,18H,3,6-9,11H2,1H3,(H,17,19). The molecule has 0 bridgehead atoms. The van der Waals surface area contributed by atoms with Crippen LogP contribution >= 0.6 is 0 Å². The molecule has 0 atom stereocenters. The van der Waals surface area contributed by atoms with Crippen molar-refractivity contribution in [2.45, 2.75) is 50.0 Å². The number of aryl methyl sites for hydroxylation is 1. The van der Waals surface area contributed by atoms with Crippen LogP contribution in [0.3, 0.4) is 0 Å². The van der Waals surface area contributed by atoms with Crippen LogP contribution in [0.5, 0.6) is 0 Å². The minimum atomic E-state index is -0.350. The summed E-state index contributed by atoms with van der Waals surface area (Å²) in [4.78, 5) is 12.7. The van der Waals surface area contributed by atoms with Gasteiger partial charge in [-0.05, 0) is 38.2 Å². The fourth-order valence-corrected chi connectivity index (χ4v) is 2.95. The smallest absolute Gasteiger partial charge is 0.231 e. The van der Waals surface area contributed by atoms with E-state index in [1.807, 2.05) is 6.07 Å². The van der Waals surface area contributed by atoms with Crippen LogP contribution in [0.15, 0.2) is 24.3 Å². The maximum Gasteiger partial charge on any atom is 0.231 e. The van der Waals surface area contributed by atoms with Crippen molar-refractivity contribution in [1.29, 1.82) is 0 Å². The van der Waals surface area contributed by atoms with E-state index >= 15 is 0 Å². The molecule has 0 heterocycles. The van der Waals surface area contributed by atoms with Gasteiger partial charge in [0.1, 0.15) is 0 Å². The summed E-state index contributed by atoms with van der Waals surface area (Å²) in [5.74, 6) is 0.107. The lowest BCUT2D eigenvalue weighted by Gasteiger charge is -2.41. The van der Waals surface area contributed by atoms with Gasteiger partial charge in [-0.1, -0.05) is 36.2 Å². The zero-order valence-corrected chi connectivity index (χ0v) is 11.4. The third kappa shape index (κ3) is 2.06. The van der Waals surface area contributed by atoms with Gasteiger partial charge in [0.15, 0.2) is 0 Å². The summed E-state index contributed by atoms with van der Waals surface area (Å²) in [6, 6.07) is 8.27. The minimum Gasteiger partial charge on any atom is -0.394 e. The van der Waals surface area contributed by atoms with E-state index in [1.165, 1.54) is 5.56 Å². The maximum absolute atomic E-state index is 12.7. The SMILES string of the molecule is Cc1cccc(C2(C(=O)NC3(CO)CC3)CCC2)c1. The van der Waals surface area contributed by atoms with Crippen LogP contribution in [0.2, 0.25) is 0 Å². The van der Waals surface area contributed by atoms with E-state index < -0.39 is 0 Å². The Morgan fingerprint density at radius 1 is 1.32 bits per heavy atom. The number of nitrogens with one attached hydrogen (secondary N) is 1. The van der Waals surface area contributed by atoms with Crippen molar-refractivity contribution < 1.29 is 9.90 Å². The van der Waals surface area contributed by atoms with Gasteiger partial charge in [0.2, 0.25) is 5.91 Å². The molecule has 2 aliphatic carbocycles. The molecule has 0 radical (unpaired) electrons. The minimum absolute atomic E-state index is 0.0582. The second-order valence-electron chi connectivity index (χ2n) is 6.20. The van der Waals surface area contributed by atoms with Gasteiger partial charge in [-0.25, -0.2) is 0 Å². The molecular formula is C16H21NO2. The number of carbonyl (C=O) groups excluding carboxylic acids is 1. The lowest BCUT2D eigenvalue weighted by Crippen LogP contribution is -2.53. The Kier molecular flexibility index (Phi) is 2.90. The summed E-state index contributed by atoms with van der Waals surface area (Å²) >= 11 is 0. The van der Waals surface area contributed by atoms with E-state index in [0.29, 0.717) is 0 Å². The van der Waals surface area contributed by atoms with E-state index in [2.05, 4.69) is 30.4 Å². The molecule has 2 fully saturated rings. The molecule has 102 valence electrons. The molecule has 19 heavy (non-hydrogen) atoms. The van der Waals surface area contributed by atoms with Crippen molar-refractivity contribution in [1.82, 2.24) is 5.32 Å². The highest BCUT2D eigenvalue weighted by Crippen LogP contribution is 2.46. The van der Waals surface area contributed by atoms with Crippen molar-refractivity contribution in [3.8, 4) is 0 Å². The van der Waals surface area contributed by atoms with Crippen molar-refractivity contribution in [3.05, 3.63) is 35.4 Å². The zero-order chi connectivity index (χ0) is 13.5. The third-order valence-corrected chi connectivity index (χ3v) is 4.75. The average molecular weight is 259 g/mol. The number of rotatable bonds is 4. The quantitative estimate of drug-likeness (QED) is 0.869. The highest BCUT2D eigenvalue weighted by Gasteiger charge is 2.51. The lowest BCUT2D eigenvalue weighted by atomic mass is 9.63. The van der Waals surface area contributed by atoms with Gasteiger partial charge in [0.05, 0.1) is 17.6 Å². The van der Waals surface area contributed by atoms with Crippen LogP contribution in [-0.4, -0.2) is 23.2 Å². The number of carbonyl (C=O) groups is 1. The van der Waals surface area contributed by atoms with Crippen molar-refractivity contribution >= 4 is 5.91 Å². The fourth-order valence-electron chi connectivity index (χ4n) is 2.95. The summed E-state index contributed by atoms with van der Waals surface area (Å²) < 4.78 is 0. The van der Waals surface area contributed by atoms with Crippen LogP contribution in [-0.2, 0) is 10.2 Å². The molecule has 0 aliphatic heterocycles. The molecule has 0 unspecified atom stereocenters. The number of amides is 1. The molecule has 2 N–H and O–H groups in total. The van der Waals surface area contributed by atoms with Crippen LogP contribution in [0.4, 0.5) is 0 Å². The number of hydrogen-bond donors (Lipinski definition) is 2. The molecule has 0 spiro atoms. The highest BCUT2D eigenvalue weighted by atomic mass is 16.3. The summed E-state index contributed by atoms with van der Waals surface area (Å²) in [6.07, 6.45) is 4.75. The van der Waals surface area contributed by atoms with E-state index in [-0.39, 0.29) is 23.5 Å². The Labute approximate surface area is 114 Å². The Morgan fingerprint density at radius 3 is 2.53 bits per heavy atom. The summed E-state index contributed by atoms with van der Waals surface area (Å²) in [7, 11) is 0. The van der Waals surface area contributed by atoms with Gasteiger partial charge in [0, 0.05) is 0 Å². The Balaban J connectivity index is 1.85. The molecule has 1 aromatic carbocycles. The van der Waals surface area contributed by atoms with Crippen molar-refractivity contribution in [2.24, 2.45) is 0 Å². The van der Waals surface area contributed by atoms with Gasteiger partial charge in [0.25, 0.3) is 0 Å². The largest absolute Gasteiger partial charge is 0.394 e. The molecule has 0 saturated heterocycles. The average Bonchev–Trinajstić information content (AvgIpc) is 3.08. The first kappa shape index (κ1) is 12.7. The number of aliphatic hydroxyl groups is 1. The first-order chi connectivity index (χ1) is 9.10. The monoisotopic (exact) mass is 259 g/mol. The molecule has 3 rings (SSSR count). The topological polar surface area (TPSA) is 49.3 Å². The molecule has 2 saturated carbocycles. The fraction of sp³-hybridized carbons (Fsp3) is 0.562. The molecular weight excluding hydrogens is 238 g/mol. The highest BCUT2D eigenvalue weighted by molar-refractivity contribution is 5.90. The summed E-state index contributed by atoms with van der Waals surface area (Å²) in [5.41, 5.74) is 1.66. The van der Waals surface area contributed by atoms with Crippen LogP contribution in [0.1, 0.15) is 43.2 Å². The number of hydrogen-bond acceptors (Lipinski definition) is 2. The van der Waals surface area contributed by atoms with Crippen molar-refractivity contribution in [2.75, 3.05) is 6.61 Å². The predicted octanol–water partition coefficient (Wildman–Crippen LogP) is 2.06. The van der Waals surface area contributed by atoms with Gasteiger partial charge in [-0.3, -0.25) is 4.79 Å². The van der Waals surface area contributed by atoms with E-state index in [9.17, 15) is 9.90 Å². The van der Waals surface area contributed by atoms with Gasteiger partial charge < -0.3 is 10.4 Å². The molecule has 2 aliphatic rings. The van der Waals surface area contributed by atoms with Crippen LogP contribution in [0.25, 0.3) is 0 Å². The van der Waals surface area contributed by atoms with Gasteiger partial charge in [-0.2, -0.15) is 0 Å². The zero-order valence-electron chi connectivity index (χ0n) is 11.4. The Morgan fingerprint density at radius 2 is 2.05 bits per heavy atom. The first-order valence-electron chi connectivity index (χ1n) is 7.11. The van der Waals surface area contributed by atoms with Gasteiger partial charge >= 0.3 is 0 Å². The first-order valence-corrected chi connectivity index (χ1v) is 7.11. The third-order valence-electron chi connectivity index (χ3n) is 4.75. The molecule has 1 aromatic rings. The maximum atomic E-state index is 12.7.